The van der Waals surface area contributed by atoms with Gasteiger partial charge in [-0.1, -0.05) is 13.8 Å². The Bertz CT molecular complexity index is 323. The second-order valence-corrected chi connectivity index (χ2v) is 5.37. The molecule has 0 aliphatic carbocycles. The Morgan fingerprint density at radius 1 is 1.40 bits per heavy atom. The number of rotatable bonds is 6. The number of nitrogens with zero attached hydrogens (tertiary/aromatic N) is 1. The number of carbonyl (C=O) groups excluding carboxylic acids is 1. The predicted molar refractivity (Wildman–Crippen MR) is 71.4 cm³/mol. The van der Waals surface area contributed by atoms with E-state index in [0.717, 1.165) is 13.1 Å². The molecule has 118 valence electrons. The quantitative estimate of drug-likeness (QED) is 0.778. The Morgan fingerprint density at radius 2 is 2.00 bits per heavy atom. The van der Waals surface area contributed by atoms with Gasteiger partial charge in [0.25, 0.3) is 0 Å². The lowest BCUT2D eigenvalue weighted by Gasteiger charge is -2.32. The van der Waals surface area contributed by atoms with Gasteiger partial charge in [-0.05, 0) is 33.0 Å². The standard InChI is InChI=1S/C13H24F3N3O/c1-4-19(5-2)8-10(3)18-11(20)12(13(14,15)16)6-7-17-9-12/h10,17H,4-9H2,1-3H3,(H,18,20). The number of alkyl halides is 3. The van der Waals surface area contributed by atoms with Crippen molar-refractivity contribution >= 4 is 5.91 Å². The van der Waals surface area contributed by atoms with Crippen LogP contribution in [0.3, 0.4) is 0 Å². The fourth-order valence-electron chi connectivity index (χ4n) is 2.53. The molecule has 1 heterocycles. The summed E-state index contributed by atoms with van der Waals surface area (Å²) < 4.78 is 39.6. The highest BCUT2D eigenvalue weighted by atomic mass is 19.4. The topological polar surface area (TPSA) is 44.4 Å². The monoisotopic (exact) mass is 295 g/mol. The van der Waals surface area contributed by atoms with Crippen LogP contribution in [0, 0.1) is 5.41 Å². The molecule has 4 nitrogen and oxygen atoms in total. The predicted octanol–water partition coefficient (Wildman–Crippen LogP) is 1.37. The van der Waals surface area contributed by atoms with Gasteiger partial charge in [0.05, 0.1) is 0 Å². The van der Waals surface area contributed by atoms with E-state index in [2.05, 4.69) is 15.5 Å². The first-order valence-corrected chi connectivity index (χ1v) is 7.07. The van der Waals surface area contributed by atoms with Crippen LogP contribution >= 0.6 is 0 Å². The van der Waals surface area contributed by atoms with Crippen LogP contribution in [-0.2, 0) is 4.79 Å². The molecule has 0 aromatic heterocycles. The van der Waals surface area contributed by atoms with Crippen LogP contribution in [0.2, 0.25) is 0 Å². The summed E-state index contributed by atoms with van der Waals surface area (Å²) in [6.45, 7) is 7.76. The van der Waals surface area contributed by atoms with E-state index < -0.39 is 17.5 Å². The summed E-state index contributed by atoms with van der Waals surface area (Å²) in [6, 6.07) is -0.303. The van der Waals surface area contributed by atoms with Crippen LogP contribution in [0.4, 0.5) is 13.2 Å². The molecule has 1 rings (SSSR count). The van der Waals surface area contributed by atoms with Gasteiger partial charge in [-0.15, -0.1) is 0 Å². The van der Waals surface area contributed by atoms with E-state index in [0.29, 0.717) is 6.54 Å². The van der Waals surface area contributed by atoms with Crippen LogP contribution in [0.1, 0.15) is 27.2 Å². The van der Waals surface area contributed by atoms with Crippen LogP contribution < -0.4 is 10.6 Å². The zero-order valence-corrected chi connectivity index (χ0v) is 12.3. The van der Waals surface area contributed by atoms with Gasteiger partial charge in [0.1, 0.15) is 0 Å². The number of likely N-dealkylation sites (N-methyl/N-ethyl adjacent to an activating group) is 1. The van der Waals surface area contributed by atoms with Gasteiger partial charge >= 0.3 is 6.18 Å². The molecule has 0 spiro atoms. The molecule has 1 aliphatic rings. The van der Waals surface area contributed by atoms with E-state index in [1.165, 1.54) is 0 Å². The zero-order chi connectivity index (χ0) is 15.4. The first-order valence-electron chi connectivity index (χ1n) is 7.07. The molecule has 1 amide bonds. The number of hydrogen-bond acceptors (Lipinski definition) is 3. The van der Waals surface area contributed by atoms with Crippen molar-refractivity contribution < 1.29 is 18.0 Å². The van der Waals surface area contributed by atoms with Crippen molar-refractivity contribution in [1.29, 1.82) is 0 Å². The molecule has 1 fully saturated rings. The molecule has 1 aliphatic heterocycles. The van der Waals surface area contributed by atoms with E-state index >= 15 is 0 Å². The number of nitrogens with one attached hydrogen (secondary N) is 2. The molecule has 2 atom stereocenters. The summed E-state index contributed by atoms with van der Waals surface area (Å²) in [6.07, 6.45) is -4.71. The fourth-order valence-corrected chi connectivity index (χ4v) is 2.53. The second-order valence-electron chi connectivity index (χ2n) is 5.37. The highest BCUT2D eigenvalue weighted by molar-refractivity contribution is 5.84. The summed E-state index contributed by atoms with van der Waals surface area (Å²) in [5.74, 6) is -0.908. The van der Waals surface area contributed by atoms with Crippen molar-refractivity contribution in [2.75, 3.05) is 32.7 Å². The van der Waals surface area contributed by atoms with E-state index in [1.54, 1.807) is 6.92 Å². The molecule has 20 heavy (non-hydrogen) atoms. The average Bonchev–Trinajstić information content (AvgIpc) is 2.85. The van der Waals surface area contributed by atoms with Crippen LogP contribution in [0.25, 0.3) is 0 Å². The lowest BCUT2D eigenvalue weighted by molar-refractivity contribution is -0.216. The summed E-state index contributed by atoms with van der Waals surface area (Å²) in [7, 11) is 0. The van der Waals surface area contributed by atoms with Crippen LogP contribution in [-0.4, -0.2) is 55.7 Å². The fraction of sp³-hybridized carbons (Fsp3) is 0.923. The van der Waals surface area contributed by atoms with Crippen LogP contribution in [0.15, 0.2) is 0 Å². The Kier molecular flexibility index (Phi) is 5.82. The minimum atomic E-state index is -4.52. The molecule has 0 radical (unpaired) electrons. The molecule has 0 bridgehead atoms. The summed E-state index contributed by atoms with van der Waals surface area (Å²) in [5, 5.41) is 5.17. The Balaban J connectivity index is 2.68. The third kappa shape index (κ3) is 3.63. The number of halogens is 3. The normalized spacial score (nSPS) is 24.9. The Morgan fingerprint density at radius 3 is 2.40 bits per heavy atom. The van der Waals surface area contributed by atoms with Gasteiger partial charge in [0, 0.05) is 19.1 Å². The molecule has 1 saturated heterocycles. The van der Waals surface area contributed by atoms with Crippen molar-refractivity contribution in [2.45, 2.75) is 39.4 Å². The number of amides is 1. The Labute approximate surface area is 118 Å². The van der Waals surface area contributed by atoms with E-state index in [9.17, 15) is 18.0 Å². The van der Waals surface area contributed by atoms with E-state index in [-0.39, 0.29) is 25.6 Å². The van der Waals surface area contributed by atoms with Gasteiger partial charge in [-0.25, -0.2) is 0 Å². The van der Waals surface area contributed by atoms with Gasteiger partial charge in [-0.3, -0.25) is 4.79 Å². The SMILES string of the molecule is CCN(CC)CC(C)NC(=O)C1(C(F)(F)F)CCNC1. The lowest BCUT2D eigenvalue weighted by atomic mass is 9.85. The van der Waals surface area contributed by atoms with E-state index in [4.69, 9.17) is 0 Å². The minimum Gasteiger partial charge on any atom is -0.352 e. The van der Waals surface area contributed by atoms with Crippen LogP contribution in [0.5, 0.6) is 0 Å². The average molecular weight is 295 g/mol. The second kappa shape index (κ2) is 6.76. The molecule has 0 saturated carbocycles. The first-order chi connectivity index (χ1) is 9.26. The molecule has 0 aromatic rings. The molecule has 2 unspecified atom stereocenters. The lowest BCUT2D eigenvalue weighted by Crippen LogP contribution is -2.55. The van der Waals surface area contributed by atoms with Crippen molar-refractivity contribution in [3.05, 3.63) is 0 Å². The third-order valence-electron chi connectivity index (χ3n) is 3.94. The van der Waals surface area contributed by atoms with Crippen molar-refractivity contribution in [1.82, 2.24) is 15.5 Å². The van der Waals surface area contributed by atoms with E-state index in [1.807, 2.05) is 13.8 Å². The molecular weight excluding hydrogens is 271 g/mol. The maximum Gasteiger partial charge on any atom is 0.404 e. The van der Waals surface area contributed by atoms with Crippen molar-refractivity contribution in [2.24, 2.45) is 5.41 Å². The zero-order valence-electron chi connectivity index (χ0n) is 12.3. The highest BCUT2D eigenvalue weighted by Crippen LogP contribution is 2.43. The summed E-state index contributed by atoms with van der Waals surface area (Å²) in [4.78, 5) is 14.2. The maximum absolute atomic E-state index is 13.2. The van der Waals surface area contributed by atoms with Crippen molar-refractivity contribution in [3.63, 3.8) is 0 Å². The van der Waals surface area contributed by atoms with Gasteiger partial charge in [0.2, 0.25) is 5.91 Å². The Hall–Kier alpha value is -0.820. The highest BCUT2D eigenvalue weighted by Gasteiger charge is 2.61. The third-order valence-corrected chi connectivity index (χ3v) is 3.94. The van der Waals surface area contributed by atoms with Gasteiger partial charge < -0.3 is 15.5 Å². The largest absolute Gasteiger partial charge is 0.404 e. The minimum absolute atomic E-state index is 0.194. The smallest absolute Gasteiger partial charge is 0.352 e. The number of carbonyl (C=O) groups is 1. The molecular formula is C13H24F3N3O. The van der Waals surface area contributed by atoms with Gasteiger partial charge in [-0.2, -0.15) is 13.2 Å². The first kappa shape index (κ1) is 17.2. The molecule has 7 heteroatoms. The summed E-state index contributed by atoms with van der Waals surface area (Å²) in [5.41, 5.74) is -2.27. The van der Waals surface area contributed by atoms with Gasteiger partial charge in [0.15, 0.2) is 5.41 Å². The number of hydrogen-bond donors (Lipinski definition) is 2. The maximum atomic E-state index is 13.2. The summed E-state index contributed by atoms with van der Waals surface area (Å²) >= 11 is 0. The molecule has 2 N–H and O–H groups in total. The van der Waals surface area contributed by atoms with Crippen molar-refractivity contribution in [3.8, 4) is 0 Å². The molecule has 0 aromatic carbocycles.